The number of anilines is 1. The zero-order valence-corrected chi connectivity index (χ0v) is 17.7. The van der Waals surface area contributed by atoms with Crippen LogP contribution in [0.15, 0.2) is 34.1 Å². The lowest BCUT2D eigenvalue weighted by molar-refractivity contribution is 0.277. The first-order valence-electron chi connectivity index (χ1n) is 9.25. The molecule has 2 heterocycles. The SMILES string of the molecule is CCCCc1ccc(SC)cc1-c1cn(C)c(=O)c2c1OCCN2.COC. The number of benzene rings is 1. The van der Waals surface area contributed by atoms with E-state index in [-0.39, 0.29) is 5.56 Å². The summed E-state index contributed by atoms with van der Waals surface area (Å²) in [6.07, 6.45) is 7.33. The summed E-state index contributed by atoms with van der Waals surface area (Å²) in [4.78, 5) is 13.6. The van der Waals surface area contributed by atoms with Crippen molar-refractivity contribution in [3.05, 3.63) is 40.3 Å². The molecule has 0 atom stereocenters. The van der Waals surface area contributed by atoms with Gasteiger partial charge in [0.15, 0.2) is 5.75 Å². The molecular formula is C21H30N2O3S. The average molecular weight is 391 g/mol. The van der Waals surface area contributed by atoms with Crippen molar-refractivity contribution >= 4 is 17.4 Å². The molecule has 0 fully saturated rings. The quantitative estimate of drug-likeness (QED) is 0.776. The Morgan fingerprint density at radius 2 is 2.04 bits per heavy atom. The van der Waals surface area contributed by atoms with Crippen molar-refractivity contribution in [3.8, 4) is 16.9 Å². The second kappa shape index (κ2) is 10.4. The summed E-state index contributed by atoms with van der Waals surface area (Å²) in [7, 11) is 5.05. The van der Waals surface area contributed by atoms with Crippen molar-refractivity contribution < 1.29 is 9.47 Å². The minimum absolute atomic E-state index is 0.0374. The second-order valence-corrected chi connectivity index (χ2v) is 7.35. The number of rotatable bonds is 5. The van der Waals surface area contributed by atoms with E-state index in [2.05, 4.69) is 41.4 Å². The topological polar surface area (TPSA) is 52.5 Å². The van der Waals surface area contributed by atoms with Gasteiger partial charge in [0.05, 0.1) is 0 Å². The van der Waals surface area contributed by atoms with Gasteiger partial charge >= 0.3 is 0 Å². The molecule has 5 nitrogen and oxygen atoms in total. The van der Waals surface area contributed by atoms with Crippen molar-refractivity contribution in [3.63, 3.8) is 0 Å². The van der Waals surface area contributed by atoms with Crippen LogP contribution in [0, 0.1) is 0 Å². The van der Waals surface area contributed by atoms with E-state index in [1.54, 1.807) is 37.6 Å². The molecular weight excluding hydrogens is 360 g/mol. The third-order valence-electron chi connectivity index (χ3n) is 4.39. The fraction of sp³-hybridized carbons (Fsp3) is 0.476. The van der Waals surface area contributed by atoms with Gasteiger partial charge in [0.2, 0.25) is 0 Å². The van der Waals surface area contributed by atoms with Gasteiger partial charge in [-0.05, 0) is 42.4 Å². The van der Waals surface area contributed by atoms with Gasteiger partial charge < -0.3 is 19.4 Å². The Kier molecular flexibility index (Phi) is 8.25. The molecule has 3 rings (SSSR count). The third kappa shape index (κ3) is 5.08. The summed E-state index contributed by atoms with van der Waals surface area (Å²) in [6.45, 7) is 3.45. The first-order chi connectivity index (χ1) is 13.1. The Balaban J connectivity index is 0.000000817. The average Bonchev–Trinajstić information content (AvgIpc) is 2.69. The standard InChI is InChI=1S/C19H24N2O2S.C2H6O/c1-4-5-6-13-7-8-14(24-3)11-15(13)16-12-21(2)19(22)17-18(16)23-10-9-20-17;1-3-2/h7-8,11-12,20H,4-6,9-10H2,1-3H3;1-2H3. The molecule has 1 aliphatic heterocycles. The third-order valence-corrected chi connectivity index (χ3v) is 5.11. The number of unbranched alkanes of at least 4 members (excludes halogenated alkanes) is 1. The molecule has 0 unspecified atom stereocenters. The molecule has 1 aliphatic rings. The minimum Gasteiger partial charge on any atom is -0.489 e. The van der Waals surface area contributed by atoms with Gasteiger partial charge in [-0.1, -0.05) is 19.4 Å². The first kappa shape index (κ1) is 21.4. The Morgan fingerprint density at radius 1 is 1.30 bits per heavy atom. The molecule has 27 heavy (non-hydrogen) atoms. The largest absolute Gasteiger partial charge is 0.489 e. The van der Waals surface area contributed by atoms with Gasteiger partial charge in [0, 0.05) is 44.5 Å². The molecule has 0 bridgehead atoms. The summed E-state index contributed by atoms with van der Waals surface area (Å²) in [5.74, 6) is 0.695. The fourth-order valence-electron chi connectivity index (χ4n) is 3.06. The van der Waals surface area contributed by atoms with Crippen LogP contribution < -0.4 is 15.6 Å². The summed E-state index contributed by atoms with van der Waals surface area (Å²) >= 11 is 1.73. The smallest absolute Gasteiger partial charge is 0.277 e. The van der Waals surface area contributed by atoms with Gasteiger partial charge in [-0.3, -0.25) is 4.79 Å². The highest BCUT2D eigenvalue weighted by atomic mass is 32.2. The van der Waals surface area contributed by atoms with Crippen LogP contribution in [-0.2, 0) is 18.2 Å². The molecule has 0 saturated heterocycles. The summed E-state index contributed by atoms with van der Waals surface area (Å²) in [6, 6.07) is 6.60. The van der Waals surface area contributed by atoms with Crippen LogP contribution in [0.4, 0.5) is 5.69 Å². The van der Waals surface area contributed by atoms with Gasteiger partial charge in [0.1, 0.15) is 12.3 Å². The normalized spacial score (nSPS) is 12.3. The number of hydrogen-bond donors (Lipinski definition) is 1. The minimum atomic E-state index is -0.0374. The highest BCUT2D eigenvalue weighted by molar-refractivity contribution is 7.98. The van der Waals surface area contributed by atoms with E-state index >= 15 is 0 Å². The Labute approximate surface area is 166 Å². The van der Waals surface area contributed by atoms with Gasteiger partial charge in [0.25, 0.3) is 5.56 Å². The maximum Gasteiger partial charge on any atom is 0.277 e. The highest BCUT2D eigenvalue weighted by Gasteiger charge is 2.22. The second-order valence-electron chi connectivity index (χ2n) is 6.47. The number of aromatic nitrogens is 1. The van der Waals surface area contributed by atoms with E-state index in [1.165, 1.54) is 16.0 Å². The molecule has 6 heteroatoms. The van der Waals surface area contributed by atoms with E-state index in [9.17, 15) is 4.79 Å². The molecule has 0 spiro atoms. The lowest BCUT2D eigenvalue weighted by Crippen LogP contribution is -2.28. The van der Waals surface area contributed by atoms with Gasteiger partial charge in [-0.15, -0.1) is 11.8 Å². The predicted octanol–water partition coefficient (Wildman–Crippen LogP) is 4.18. The summed E-state index contributed by atoms with van der Waals surface area (Å²) < 4.78 is 11.8. The molecule has 1 N–H and O–H groups in total. The van der Waals surface area contributed by atoms with Crippen molar-refractivity contribution in [1.82, 2.24) is 4.57 Å². The number of ether oxygens (including phenoxy) is 2. The van der Waals surface area contributed by atoms with Crippen molar-refractivity contribution in [2.75, 3.05) is 38.9 Å². The zero-order valence-electron chi connectivity index (χ0n) is 16.9. The van der Waals surface area contributed by atoms with Crippen molar-refractivity contribution in [2.24, 2.45) is 7.05 Å². The number of nitrogens with zero attached hydrogens (tertiary/aromatic N) is 1. The molecule has 0 amide bonds. The number of aryl methyl sites for hydroxylation is 2. The van der Waals surface area contributed by atoms with Gasteiger partial charge in [-0.2, -0.15) is 0 Å². The Bertz CT molecular complexity index is 818. The van der Waals surface area contributed by atoms with E-state index in [0.717, 1.165) is 24.8 Å². The fourth-order valence-corrected chi connectivity index (χ4v) is 3.50. The molecule has 0 radical (unpaired) electrons. The maximum atomic E-state index is 12.4. The van der Waals surface area contributed by atoms with Crippen molar-refractivity contribution in [1.29, 1.82) is 0 Å². The zero-order chi connectivity index (χ0) is 19.8. The first-order valence-corrected chi connectivity index (χ1v) is 10.5. The number of nitrogens with one attached hydrogen (secondary N) is 1. The highest BCUT2D eigenvalue weighted by Crippen LogP contribution is 2.39. The number of hydrogen-bond acceptors (Lipinski definition) is 5. The number of methoxy groups -OCH3 is 1. The van der Waals surface area contributed by atoms with Gasteiger partial charge in [-0.25, -0.2) is 0 Å². The van der Waals surface area contributed by atoms with E-state index in [1.807, 2.05) is 6.20 Å². The molecule has 2 aromatic rings. The van der Waals surface area contributed by atoms with Crippen LogP contribution in [-0.4, -0.2) is 38.2 Å². The summed E-state index contributed by atoms with van der Waals surface area (Å²) in [5, 5.41) is 3.21. The monoisotopic (exact) mass is 390 g/mol. The molecule has 148 valence electrons. The molecule has 0 saturated carbocycles. The van der Waals surface area contributed by atoms with E-state index < -0.39 is 0 Å². The Morgan fingerprint density at radius 3 is 2.70 bits per heavy atom. The number of pyridine rings is 1. The molecule has 1 aromatic heterocycles. The predicted molar refractivity (Wildman–Crippen MR) is 114 cm³/mol. The lowest BCUT2D eigenvalue weighted by Gasteiger charge is -2.23. The van der Waals surface area contributed by atoms with Crippen LogP contribution in [0.25, 0.3) is 11.1 Å². The van der Waals surface area contributed by atoms with E-state index in [4.69, 9.17) is 4.74 Å². The molecule has 0 aliphatic carbocycles. The number of fused-ring (bicyclic) bond motifs is 1. The van der Waals surface area contributed by atoms with Crippen LogP contribution in [0.2, 0.25) is 0 Å². The van der Waals surface area contributed by atoms with Crippen molar-refractivity contribution in [2.45, 2.75) is 31.1 Å². The van der Waals surface area contributed by atoms with Crippen LogP contribution in [0.5, 0.6) is 5.75 Å². The Hall–Kier alpha value is -1.92. The van der Waals surface area contributed by atoms with Crippen LogP contribution in [0.3, 0.4) is 0 Å². The van der Waals surface area contributed by atoms with Crippen LogP contribution in [0.1, 0.15) is 25.3 Å². The molecule has 1 aromatic carbocycles. The summed E-state index contributed by atoms with van der Waals surface area (Å²) in [5.41, 5.74) is 4.03. The lowest BCUT2D eigenvalue weighted by atomic mass is 9.96. The van der Waals surface area contributed by atoms with E-state index in [0.29, 0.717) is 24.6 Å². The van der Waals surface area contributed by atoms with Crippen LogP contribution >= 0.6 is 11.8 Å². The maximum absolute atomic E-state index is 12.4. The number of thioether (sulfide) groups is 1.